The van der Waals surface area contributed by atoms with E-state index in [1.165, 1.54) is 5.56 Å². The zero-order valence-corrected chi connectivity index (χ0v) is 12.7. The number of ether oxygens (including phenoxy) is 1. The minimum absolute atomic E-state index is 0.219. The van der Waals surface area contributed by atoms with Crippen LogP contribution in [0.15, 0.2) is 24.3 Å². The molecular weight excluding hydrogens is 270 g/mol. The molecule has 21 heavy (non-hydrogen) atoms. The molecule has 5 heteroatoms. The Bertz CT molecular complexity index is 468. The normalized spacial score (nSPS) is 12.0. The number of nitrogens with one attached hydrogen (secondary N) is 1. The van der Waals surface area contributed by atoms with Crippen LogP contribution in [0.4, 0.5) is 0 Å². The Hall–Kier alpha value is -2.04. The van der Waals surface area contributed by atoms with Gasteiger partial charge in [0, 0.05) is 0 Å². The number of carboxylic acid groups (broad SMARTS) is 1. The van der Waals surface area contributed by atoms with Gasteiger partial charge < -0.3 is 20.0 Å². The van der Waals surface area contributed by atoms with Crippen LogP contribution in [0.3, 0.4) is 0 Å². The third-order valence-corrected chi connectivity index (χ3v) is 3.07. The van der Waals surface area contributed by atoms with Crippen LogP contribution in [0.2, 0.25) is 0 Å². The van der Waals surface area contributed by atoms with E-state index in [1.54, 1.807) is 26.0 Å². The van der Waals surface area contributed by atoms with E-state index in [-0.39, 0.29) is 12.5 Å². The molecule has 1 aromatic carbocycles. The van der Waals surface area contributed by atoms with E-state index in [0.29, 0.717) is 5.75 Å². The average Bonchev–Trinajstić information content (AvgIpc) is 2.43. The topological polar surface area (TPSA) is 78.5 Å². The first-order valence-electron chi connectivity index (χ1n) is 7.16. The summed E-state index contributed by atoms with van der Waals surface area (Å²) < 4.78 is 5.34. The number of aryl methyl sites for hydroxylation is 1. The van der Waals surface area contributed by atoms with Gasteiger partial charge in [-0.15, -0.1) is 0 Å². The van der Waals surface area contributed by atoms with Crippen molar-refractivity contribution >= 4 is 11.9 Å². The molecule has 1 atom stereocenters. The van der Waals surface area contributed by atoms with Gasteiger partial charge in [0.1, 0.15) is 5.75 Å². The third-order valence-electron chi connectivity index (χ3n) is 3.07. The number of hydrogen-bond acceptors (Lipinski definition) is 4. The molecule has 0 aliphatic heterocycles. The maximum absolute atomic E-state index is 11.7. The summed E-state index contributed by atoms with van der Waals surface area (Å²) in [6.07, 6.45) is 2.07. The lowest BCUT2D eigenvalue weighted by molar-refractivity contribution is -0.309. The second-order valence-corrected chi connectivity index (χ2v) is 5.29. The van der Waals surface area contributed by atoms with Crippen molar-refractivity contribution in [1.82, 2.24) is 5.32 Å². The van der Waals surface area contributed by atoms with Crippen LogP contribution in [0.5, 0.6) is 5.75 Å². The van der Waals surface area contributed by atoms with Gasteiger partial charge in [0.15, 0.2) is 6.61 Å². The van der Waals surface area contributed by atoms with Gasteiger partial charge in [0.2, 0.25) is 0 Å². The van der Waals surface area contributed by atoms with Crippen LogP contribution in [-0.2, 0) is 16.0 Å². The summed E-state index contributed by atoms with van der Waals surface area (Å²) in [7, 11) is 0. The highest BCUT2D eigenvalue weighted by Gasteiger charge is 2.17. The predicted octanol–water partition coefficient (Wildman–Crippen LogP) is 0.909. The zero-order chi connectivity index (χ0) is 15.8. The lowest BCUT2D eigenvalue weighted by Crippen LogP contribution is -2.51. The minimum atomic E-state index is -1.29. The number of amides is 1. The number of hydrogen-bond donors (Lipinski definition) is 1. The molecule has 0 saturated heterocycles. The summed E-state index contributed by atoms with van der Waals surface area (Å²) in [5, 5.41) is 13.3. The molecule has 0 radical (unpaired) electrons. The molecule has 1 N–H and O–H groups in total. The molecule has 0 unspecified atom stereocenters. The largest absolute Gasteiger partial charge is 0.548 e. The average molecular weight is 292 g/mol. The van der Waals surface area contributed by atoms with Crippen LogP contribution in [0.1, 0.15) is 32.8 Å². The smallest absolute Gasteiger partial charge is 0.258 e. The Morgan fingerprint density at radius 2 is 1.86 bits per heavy atom. The van der Waals surface area contributed by atoms with Crippen molar-refractivity contribution in [3.8, 4) is 5.75 Å². The summed E-state index contributed by atoms with van der Waals surface area (Å²) in [4.78, 5) is 22.6. The van der Waals surface area contributed by atoms with Crippen molar-refractivity contribution in [1.29, 1.82) is 0 Å². The minimum Gasteiger partial charge on any atom is -0.548 e. The van der Waals surface area contributed by atoms with E-state index < -0.39 is 17.9 Å². The maximum Gasteiger partial charge on any atom is 0.258 e. The number of benzene rings is 1. The van der Waals surface area contributed by atoms with Gasteiger partial charge in [-0.3, -0.25) is 4.79 Å². The highest BCUT2D eigenvalue weighted by atomic mass is 16.5. The molecule has 0 bridgehead atoms. The number of carbonyl (C=O) groups excluding carboxylic acids is 2. The highest BCUT2D eigenvalue weighted by Crippen LogP contribution is 2.13. The Morgan fingerprint density at radius 3 is 2.33 bits per heavy atom. The van der Waals surface area contributed by atoms with E-state index in [9.17, 15) is 14.7 Å². The summed E-state index contributed by atoms with van der Waals surface area (Å²) >= 11 is 0. The molecular formula is C16H22NO4-. The summed E-state index contributed by atoms with van der Waals surface area (Å²) in [5.74, 6) is -1.43. The molecule has 1 amide bonds. The van der Waals surface area contributed by atoms with Crippen LogP contribution < -0.4 is 15.2 Å². The molecule has 0 aromatic heterocycles. The Labute approximate surface area is 125 Å². The summed E-state index contributed by atoms with van der Waals surface area (Å²) in [6, 6.07) is 6.51. The van der Waals surface area contributed by atoms with Crippen LogP contribution in [0, 0.1) is 5.92 Å². The van der Waals surface area contributed by atoms with Gasteiger partial charge in [0.25, 0.3) is 5.91 Å². The first-order valence-corrected chi connectivity index (χ1v) is 7.16. The van der Waals surface area contributed by atoms with Crippen molar-refractivity contribution in [3.63, 3.8) is 0 Å². The van der Waals surface area contributed by atoms with E-state index in [2.05, 4.69) is 12.2 Å². The molecule has 5 nitrogen and oxygen atoms in total. The number of aliphatic carboxylic acids is 1. The molecule has 1 rings (SSSR count). The quantitative estimate of drug-likeness (QED) is 0.772. The van der Waals surface area contributed by atoms with Crippen molar-refractivity contribution in [2.75, 3.05) is 6.61 Å². The van der Waals surface area contributed by atoms with E-state index in [4.69, 9.17) is 4.74 Å². The van der Waals surface area contributed by atoms with Gasteiger partial charge in [-0.2, -0.15) is 0 Å². The molecule has 0 spiro atoms. The lowest BCUT2D eigenvalue weighted by Gasteiger charge is -2.23. The lowest BCUT2D eigenvalue weighted by atomic mass is 10.1. The van der Waals surface area contributed by atoms with Gasteiger partial charge >= 0.3 is 0 Å². The number of carbonyl (C=O) groups is 2. The summed E-state index contributed by atoms with van der Waals surface area (Å²) in [6.45, 7) is 5.29. The highest BCUT2D eigenvalue weighted by molar-refractivity contribution is 5.83. The van der Waals surface area contributed by atoms with Crippen LogP contribution >= 0.6 is 0 Å². The number of carboxylic acids is 1. The molecule has 0 saturated carbocycles. The first-order chi connectivity index (χ1) is 9.93. The maximum atomic E-state index is 11.7. The van der Waals surface area contributed by atoms with Gasteiger partial charge in [-0.25, -0.2) is 0 Å². The monoisotopic (exact) mass is 292 g/mol. The Kier molecular flexibility index (Phi) is 6.72. The standard InChI is InChI=1S/C16H23NO4/c1-4-5-12-6-8-13(9-7-12)21-10-14(18)17-15(11(2)3)16(19)20/h6-9,11,15H,4-5,10H2,1-3H3,(H,17,18)(H,19,20)/p-1/t15-/m0/s1. The zero-order valence-electron chi connectivity index (χ0n) is 12.7. The van der Waals surface area contributed by atoms with Gasteiger partial charge in [0.05, 0.1) is 12.0 Å². The Balaban J connectivity index is 2.47. The fourth-order valence-electron chi connectivity index (χ4n) is 1.90. The SMILES string of the molecule is CCCc1ccc(OCC(=O)N[C@H](C(=O)[O-])C(C)C)cc1. The van der Waals surface area contributed by atoms with E-state index in [0.717, 1.165) is 12.8 Å². The molecule has 0 aliphatic carbocycles. The fraction of sp³-hybridized carbons (Fsp3) is 0.500. The number of rotatable bonds is 8. The van der Waals surface area contributed by atoms with Crippen molar-refractivity contribution in [2.45, 2.75) is 39.7 Å². The van der Waals surface area contributed by atoms with Crippen molar-refractivity contribution in [3.05, 3.63) is 29.8 Å². The Morgan fingerprint density at radius 1 is 1.24 bits per heavy atom. The predicted molar refractivity (Wildman–Crippen MR) is 77.7 cm³/mol. The molecule has 0 fully saturated rings. The first kappa shape index (κ1) is 17.0. The van der Waals surface area contributed by atoms with Crippen LogP contribution in [0.25, 0.3) is 0 Å². The van der Waals surface area contributed by atoms with Gasteiger partial charge in [-0.05, 0) is 30.0 Å². The van der Waals surface area contributed by atoms with E-state index in [1.807, 2.05) is 12.1 Å². The molecule has 116 valence electrons. The second-order valence-electron chi connectivity index (χ2n) is 5.29. The molecule has 0 heterocycles. The second kappa shape index (κ2) is 8.29. The van der Waals surface area contributed by atoms with E-state index >= 15 is 0 Å². The summed E-state index contributed by atoms with van der Waals surface area (Å²) in [5.41, 5.74) is 1.21. The van der Waals surface area contributed by atoms with Crippen molar-refractivity contribution in [2.24, 2.45) is 5.92 Å². The van der Waals surface area contributed by atoms with Crippen LogP contribution in [-0.4, -0.2) is 24.5 Å². The third kappa shape index (κ3) is 5.85. The van der Waals surface area contributed by atoms with Crippen molar-refractivity contribution < 1.29 is 19.4 Å². The molecule has 1 aromatic rings. The van der Waals surface area contributed by atoms with Gasteiger partial charge in [-0.1, -0.05) is 39.3 Å². The molecule has 0 aliphatic rings. The fourth-order valence-corrected chi connectivity index (χ4v) is 1.90.